The summed E-state index contributed by atoms with van der Waals surface area (Å²) in [4.78, 5) is 14.7. The Hall–Kier alpha value is -1.77. The predicted octanol–water partition coefficient (Wildman–Crippen LogP) is 2.88. The Morgan fingerprint density at radius 1 is 1.32 bits per heavy atom. The molecule has 0 amide bonds. The monoisotopic (exact) mass is 257 g/mol. The molecule has 0 spiro atoms. The van der Waals surface area contributed by atoms with Crippen LogP contribution in [-0.4, -0.2) is 30.9 Å². The molecule has 3 fully saturated rings. The highest BCUT2D eigenvalue weighted by atomic mass is 16.5. The van der Waals surface area contributed by atoms with Gasteiger partial charge >= 0.3 is 0 Å². The number of methoxy groups -OCH3 is 1. The summed E-state index contributed by atoms with van der Waals surface area (Å²) < 4.78 is 5.25. The molecule has 1 aromatic carbocycles. The number of hydrogen-bond donors (Lipinski definition) is 0. The maximum Gasteiger partial charge on any atom is 0.191 e. The van der Waals surface area contributed by atoms with Gasteiger partial charge in [-0.1, -0.05) is 12.1 Å². The van der Waals surface area contributed by atoms with Crippen LogP contribution in [0.5, 0.6) is 5.75 Å². The summed E-state index contributed by atoms with van der Waals surface area (Å²) in [5.74, 6) is 1.49. The van der Waals surface area contributed by atoms with E-state index in [2.05, 4.69) is 4.90 Å². The van der Waals surface area contributed by atoms with E-state index in [4.69, 9.17) is 4.74 Å². The Morgan fingerprint density at radius 2 is 2.05 bits per heavy atom. The molecule has 3 aliphatic rings. The van der Waals surface area contributed by atoms with Crippen molar-refractivity contribution in [1.82, 2.24) is 4.90 Å². The third-order valence-corrected chi connectivity index (χ3v) is 4.19. The first kappa shape index (κ1) is 12.3. The van der Waals surface area contributed by atoms with Crippen molar-refractivity contribution in [2.75, 3.05) is 20.2 Å². The minimum atomic E-state index is 0.0556. The summed E-state index contributed by atoms with van der Waals surface area (Å²) >= 11 is 0. The van der Waals surface area contributed by atoms with E-state index in [1.165, 1.54) is 18.5 Å². The minimum Gasteiger partial charge on any atom is -0.496 e. The highest BCUT2D eigenvalue weighted by Crippen LogP contribution is 2.34. The number of carbonyl (C=O) groups is 1. The van der Waals surface area contributed by atoms with Gasteiger partial charge in [0.25, 0.3) is 0 Å². The Morgan fingerprint density at radius 3 is 2.68 bits per heavy atom. The van der Waals surface area contributed by atoms with Crippen molar-refractivity contribution in [2.24, 2.45) is 5.92 Å². The van der Waals surface area contributed by atoms with Gasteiger partial charge in [0, 0.05) is 24.9 Å². The normalized spacial score (nSPS) is 20.9. The van der Waals surface area contributed by atoms with Crippen molar-refractivity contribution in [3.05, 3.63) is 41.6 Å². The molecule has 3 aliphatic heterocycles. The van der Waals surface area contributed by atoms with E-state index >= 15 is 0 Å². The molecule has 0 saturated carbocycles. The lowest BCUT2D eigenvalue weighted by Crippen LogP contribution is -2.39. The van der Waals surface area contributed by atoms with Gasteiger partial charge in [0.15, 0.2) is 5.78 Å². The first-order chi connectivity index (χ1) is 9.28. The Kier molecular flexibility index (Phi) is 3.28. The maximum atomic E-state index is 12.4. The molecule has 2 bridgehead atoms. The number of ether oxygens (including phenoxy) is 1. The van der Waals surface area contributed by atoms with Crippen LogP contribution in [-0.2, 0) is 0 Å². The summed E-state index contributed by atoms with van der Waals surface area (Å²) in [6, 6.07) is 7.42. The van der Waals surface area contributed by atoms with Crippen molar-refractivity contribution >= 4 is 5.78 Å². The van der Waals surface area contributed by atoms with E-state index in [-0.39, 0.29) is 5.78 Å². The van der Waals surface area contributed by atoms with Gasteiger partial charge in [0.2, 0.25) is 0 Å². The highest BCUT2D eigenvalue weighted by molar-refractivity contribution is 6.06. The van der Waals surface area contributed by atoms with Crippen molar-refractivity contribution in [2.45, 2.75) is 19.3 Å². The number of rotatable bonds is 3. The molecule has 100 valence electrons. The zero-order chi connectivity index (χ0) is 13.2. The van der Waals surface area contributed by atoms with Crippen LogP contribution >= 0.6 is 0 Å². The number of para-hydroxylation sites is 1. The first-order valence-corrected chi connectivity index (χ1v) is 6.91. The van der Waals surface area contributed by atoms with E-state index in [1.54, 1.807) is 7.11 Å². The molecule has 0 radical (unpaired) electrons. The van der Waals surface area contributed by atoms with Gasteiger partial charge in [-0.25, -0.2) is 0 Å². The topological polar surface area (TPSA) is 29.5 Å². The highest BCUT2D eigenvalue weighted by Gasteiger charge is 2.29. The van der Waals surface area contributed by atoms with Gasteiger partial charge in [-0.3, -0.25) is 4.79 Å². The second kappa shape index (κ2) is 5.08. The van der Waals surface area contributed by atoms with Gasteiger partial charge in [-0.15, -0.1) is 0 Å². The lowest BCUT2D eigenvalue weighted by atomic mass is 9.85. The molecule has 3 heterocycles. The number of hydrogen-bond acceptors (Lipinski definition) is 3. The first-order valence-electron chi connectivity index (χ1n) is 6.91. The number of ketones is 1. The Labute approximate surface area is 113 Å². The van der Waals surface area contributed by atoms with Gasteiger partial charge < -0.3 is 9.64 Å². The zero-order valence-electron chi connectivity index (χ0n) is 11.3. The van der Waals surface area contributed by atoms with Crippen LogP contribution in [0.2, 0.25) is 0 Å². The van der Waals surface area contributed by atoms with E-state index < -0.39 is 0 Å². The average Bonchev–Trinajstić information content (AvgIpc) is 2.48. The second-order valence-corrected chi connectivity index (χ2v) is 5.33. The number of nitrogens with zero attached hydrogens (tertiary/aromatic N) is 1. The molecular weight excluding hydrogens is 238 g/mol. The fourth-order valence-corrected chi connectivity index (χ4v) is 3.08. The molecule has 4 rings (SSSR count). The van der Waals surface area contributed by atoms with Crippen molar-refractivity contribution < 1.29 is 9.53 Å². The molecule has 19 heavy (non-hydrogen) atoms. The molecule has 0 N–H and O–H groups in total. The van der Waals surface area contributed by atoms with Gasteiger partial charge in [0.05, 0.1) is 12.7 Å². The van der Waals surface area contributed by atoms with E-state index in [1.807, 2.05) is 30.3 Å². The number of allylic oxidation sites excluding steroid dienone is 2. The summed E-state index contributed by atoms with van der Waals surface area (Å²) in [7, 11) is 1.60. The van der Waals surface area contributed by atoms with Gasteiger partial charge in [-0.05, 0) is 37.3 Å². The van der Waals surface area contributed by atoms with Crippen molar-refractivity contribution in [3.63, 3.8) is 0 Å². The fourth-order valence-electron chi connectivity index (χ4n) is 3.08. The SMILES string of the molecule is COc1ccccc1C(=O)/C=C1\CC2CCN1CC2. The smallest absolute Gasteiger partial charge is 0.191 e. The molecule has 0 aromatic heterocycles. The maximum absolute atomic E-state index is 12.4. The van der Waals surface area contributed by atoms with Crippen LogP contribution in [0, 0.1) is 5.92 Å². The largest absolute Gasteiger partial charge is 0.496 e. The van der Waals surface area contributed by atoms with E-state index in [9.17, 15) is 4.79 Å². The molecule has 1 aromatic rings. The molecule has 3 nitrogen and oxygen atoms in total. The molecule has 0 atom stereocenters. The molecule has 3 saturated heterocycles. The van der Waals surface area contributed by atoms with Crippen LogP contribution in [0.3, 0.4) is 0 Å². The van der Waals surface area contributed by atoms with Crippen molar-refractivity contribution in [3.8, 4) is 5.75 Å². The minimum absolute atomic E-state index is 0.0556. The lowest BCUT2D eigenvalue weighted by molar-refractivity contribution is 0.103. The fraction of sp³-hybridized carbons (Fsp3) is 0.438. The predicted molar refractivity (Wildman–Crippen MR) is 74.3 cm³/mol. The number of piperidine rings is 3. The number of fused-ring (bicyclic) bond motifs is 3. The van der Waals surface area contributed by atoms with E-state index in [0.717, 1.165) is 25.4 Å². The lowest BCUT2D eigenvalue weighted by Gasteiger charge is -2.42. The summed E-state index contributed by atoms with van der Waals surface area (Å²) in [5, 5.41) is 0. The average molecular weight is 257 g/mol. The van der Waals surface area contributed by atoms with Gasteiger partial charge in [-0.2, -0.15) is 0 Å². The van der Waals surface area contributed by atoms with Crippen LogP contribution in [0.1, 0.15) is 29.6 Å². The Balaban J connectivity index is 1.85. The van der Waals surface area contributed by atoms with Crippen LogP contribution in [0.4, 0.5) is 0 Å². The molecule has 0 unspecified atom stereocenters. The third-order valence-electron chi connectivity index (χ3n) is 4.19. The number of benzene rings is 1. The summed E-state index contributed by atoms with van der Waals surface area (Å²) in [5.41, 5.74) is 1.86. The molecule has 3 heteroatoms. The third kappa shape index (κ3) is 2.37. The van der Waals surface area contributed by atoms with Crippen LogP contribution in [0.15, 0.2) is 36.0 Å². The standard InChI is InChI=1S/C16H19NO2/c1-19-16-5-3-2-4-14(16)15(18)11-13-10-12-6-8-17(13)9-7-12/h2-5,11-12H,6-10H2,1H3/b13-11+. The quantitative estimate of drug-likeness (QED) is 0.616. The van der Waals surface area contributed by atoms with Crippen LogP contribution in [0.25, 0.3) is 0 Å². The van der Waals surface area contributed by atoms with E-state index in [0.29, 0.717) is 11.3 Å². The molecular formula is C16H19NO2. The Bertz CT molecular complexity index is 513. The van der Waals surface area contributed by atoms with Crippen LogP contribution < -0.4 is 4.74 Å². The molecule has 0 aliphatic carbocycles. The van der Waals surface area contributed by atoms with Crippen molar-refractivity contribution in [1.29, 1.82) is 0 Å². The summed E-state index contributed by atoms with van der Waals surface area (Å²) in [6.07, 6.45) is 5.42. The summed E-state index contributed by atoms with van der Waals surface area (Å²) in [6.45, 7) is 2.21. The zero-order valence-corrected chi connectivity index (χ0v) is 11.3. The van der Waals surface area contributed by atoms with Gasteiger partial charge in [0.1, 0.15) is 5.75 Å². The second-order valence-electron chi connectivity index (χ2n) is 5.33. The number of carbonyl (C=O) groups excluding carboxylic acids is 1.